The Morgan fingerprint density at radius 2 is 0.747 bits per heavy atom. The Balaban J connectivity index is 0.899. The molecule has 0 fully saturated rings. The van der Waals surface area contributed by atoms with Gasteiger partial charge in [-0.05, 0) is 149 Å². The lowest BCUT2D eigenvalue weighted by Gasteiger charge is -2.39. The molecule has 16 rings (SSSR count). The van der Waals surface area contributed by atoms with E-state index in [9.17, 15) is 0 Å². The van der Waals surface area contributed by atoms with Crippen molar-refractivity contribution in [2.45, 2.75) is 20.6 Å². The van der Waals surface area contributed by atoms with E-state index < -0.39 is 10.8 Å². The third-order valence-electron chi connectivity index (χ3n) is 16.6. The first kappa shape index (κ1) is 42.4. The minimum atomic E-state index is -0.600. The van der Waals surface area contributed by atoms with Crippen LogP contribution in [0.5, 0.6) is 11.5 Å². The molecule has 0 atom stereocenters. The van der Waals surface area contributed by atoms with Gasteiger partial charge in [0.05, 0.1) is 10.8 Å². The summed E-state index contributed by atoms with van der Waals surface area (Å²) in [6.07, 6.45) is 0. The van der Waals surface area contributed by atoms with Gasteiger partial charge >= 0.3 is 0 Å². The molecule has 4 aliphatic rings. The molecular formula is C72H45NOS. The molecule has 2 heterocycles. The van der Waals surface area contributed by atoms with Crippen LogP contribution in [0.4, 0.5) is 17.1 Å². The average Bonchev–Trinajstić information content (AvgIpc) is 4.13. The minimum Gasteiger partial charge on any atom is -0.457 e. The number of hydrogen-bond donors (Lipinski definition) is 0. The van der Waals surface area contributed by atoms with Crippen LogP contribution >= 0.6 is 11.8 Å². The molecule has 0 amide bonds. The first-order valence-electron chi connectivity index (χ1n) is 25.9. The van der Waals surface area contributed by atoms with Crippen LogP contribution < -0.4 is 9.64 Å². The number of hydrogen-bond acceptors (Lipinski definition) is 3. The van der Waals surface area contributed by atoms with Crippen LogP contribution in [-0.4, -0.2) is 0 Å². The smallest absolute Gasteiger partial charge is 0.132 e. The molecule has 2 aliphatic heterocycles. The first-order chi connectivity index (χ1) is 37.2. The van der Waals surface area contributed by atoms with Gasteiger partial charge < -0.3 is 9.64 Å². The van der Waals surface area contributed by atoms with Crippen LogP contribution in [0.25, 0.3) is 55.3 Å². The number of ether oxygens (including phenoxy) is 1. The van der Waals surface area contributed by atoms with E-state index in [-0.39, 0.29) is 0 Å². The van der Waals surface area contributed by atoms with Crippen LogP contribution in [0.3, 0.4) is 0 Å². The van der Waals surface area contributed by atoms with Crippen LogP contribution in [-0.2, 0) is 10.8 Å². The molecule has 0 saturated carbocycles. The predicted octanol–water partition coefficient (Wildman–Crippen LogP) is 18.9. The van der Waals surface area contributed by atoms with Crippen molar-refractivity contribution in [1.82, 2.24) is 0 Å². The zero-order valence-electron chi connectivity index (χ0n) is 40.7. The van der Waals surface area contributed by atoms with Gasteiger partial charge in [-0.1, -0.05) is 224 Å². The lowest BCUT2D eigenvalue weighted by Crippen LogP contribution is -2.32. The molecule has 2 spiro atoms. The van der Waals surface area contributed by atoms with E-state index >= 15 is 0 Å². The zero-order valence-corrected chi connectivity index (χ0v) is 41.6. The molecule has 2 aliphatic carbocycles. The van der Waals surface area contributed by atoms with Crippen molar-refractivity contribution in [1.29, 1.82) is 0 Å². The van der Waals surface area contributed by atoms with E-state index in [2.05, 4.69) is 278 Å². The average molecular weight is 972 g/mol. The summed E-state index contributed by atoms with van der Waals surface area (Å²) < 4.78 is 6.74. The third kappa shape index (κ3) is 5.93. The van der Waals surface area contributed by atoms with E-state index in [0.29, 0.717) is 0 Å². The van der Waals surface area contributed by atoms with Gasteiger partial charge in [-0.2, -0.15) is 0 Å². The lowest BCUT2D eigenvalue weighted by molar-refractivity contribution is 0.436. The monoisotopic (exact) mass is 971 g/mol. The highest BCUT2D eigenvalue weighted by molar-refractivity contribution is 7.99. The minimum absolute atomic E-state index is 0.438. The largest absolute Gasteiger partial charge is 0.457 e. The number of anilines is 3. The highest BCUT2D eigenvalue weighted by Crippen LogP contribution is 2.65. The van der Waals surface area contributed by atoms with Crippen molar-refractivity contribution in [3.8, 4) is 56.0 Å². The van der Waals surface area contributed by atoms with E-state index in [1.54, 1.807) is 0 Å². The van der Waals surface area contributed by atoms with Gasteiger partial charge in [0.1, 0.15) is 11.5 Å². The highest BCUT2D eigenvalue weighted by atomic mass is 32.2. The first-order valence-corrected chi connectivity index (χ1v) is 26.7. The lowest BCUT2D eigenvalue weighted by atomic mass is 9.66. The van der Waals surface area contributed by atoms with E-state index in [1.165, 1.54) is 98.5 Å². The molecule has 2 nitrogen and oxygen atoms in total. The van der Waals surface area contributed by atoms with Gasteiger partial charge in [-0.3, -0.25) is 0 Å². The Bertz CT molecular complexity index is 4220. The van der Waals surface area contributed by atoms with Crippen molar-refractivity contribution in [3.63, 3.8) is 0 Å². The van der Waals surface area contributed by atoms with Crippen molar-refractivity contribution in [2.24, 2.45) is 0 Å². The standard InChI is InChI=1S/C72H45NOS/c1-2-16-46(17-3-1)47-30-32-48(33-31-47)49-34-37-51(38-35-49)73(53-40-42-56-55-18-4-6-20-58(55)71(65(56)45-53)60-22-8-12-26-66(60)74-67-27-13-9-23-61(67)71)52-39-41-54-50(44-52)36-43-64-70(54)57-19-5-7-21-59(57)72(64)62-24-10-14-28-68(62)75-69-29-15-11-25-63(69)72/h1-45H. The molecule has 350 valence electrons. The molecule has 0 unspecified atom stereocenters. The van der Waals surface area contributed by atoms with Crippen LogP contribution in [0.1, 0.15) is 44.5 Å². The quantitative estimate of drug-likeness (QED) is 0.171. The fraction of sp³-hybridized carbons (Fsp3) is 0.0278. The number of fused-ring (bicyclic) bond motifs is 20. The SMILES string of the molecule is c1ccc(-c2ccc(-c3ccc(N(c4ccc5c(c4)C4(c6ccccc6Oc6ccccc64)c4ccccc4-5)c4ccc5c6c(ccc5c4)C4(c5ccccc5Sc5ccccc54)c4ccccc4-6)cc3)cc2)cc1. The molecule has 0 N–H and O–H groups in total. The second-order valence-corrected chi connectivity index (χ2v) is 21.3. The Labute approximate surface area is 440 Å². The number of nitrogens with zero attached hydrogens (tertiary/aromatic N) is 1. The zero-order chi connectivity index (χ0) is 49.2. The summed E-state index contributed by atoms with van der Waals surface area (Å²) in [5.74, 6) is 1.77. The van der Waals surface area contributed by atoms with Crippen molar-refractivity contribution >= 4 is 39.6 Å². The molecule has 0 aromatic heterocycles. The van der Waals surface area contributed by atoms with Gasteiger partial charge in [0.2, 0.25) is 0 Å². The van der Waals surface area contributed by atoms with Gasteiger partial charge in [0, 0.05) is 38.0 Å². The van der Waals surface area contributed by atoms with Gasteiger partial charge in [0.15, 0.2) is 0 Å². The molecule has 0 saturated heterocycles. The molecule has 75 heavy (non-hydrogen) atoms. The summed E-state index contributed by atoms with van der Waals surface area (Å²) in [5.41, 5.74) is 22.3. The molecule has 12 aromatic rings. The fourth-order valence-corrected chi connectivity index (χ4v) is 14.7. The maximum absolute atomic E-state index is 6.74. The van der Waals surface area contributed by atoms with Crippen molar-refractivity contribution < 1.29 is 4.74 Å². The maximum atomic E-state index is 6.74. The second-order valence-electron chi connectivity index (χ2n) is 20.2. The fourth-order valence-electron chi connectivity index (χ4n) is 13.5. The predicted molar refractivity (Wildman–Crippen MR) is 308 cm³/mol. The Kier molecular flexibility index (Phi) is 9.14. The van der Waals surface area contributed by atoms with E-state index in [1.807, 2.05) is 11.8 Å². The van der Waals surface area contributed by atoms with E-state index in [4.69, 9.17) is 4.74 Å². The summed E-state index contributed by atoms with van der Waals surface area (Å²) >= 11 is 1.89. The summed E-state index contributed by atoms with van der Waals surface area (Å²) in [4.78, 5) is 5.09. The van der Waals surface area contributed by atoms with Crippen LogP contribution in [0.15, 0.2) is 283 Å². The molecule has 3 heteroatoms. The summed E-state index contributed by atoms with van der Waals surface area (Å²) in [6.45, 7) is 0. The summed E-state index contributed by atoms with van der Waals surface area (Å²) in [7, 11) is 0. The summed E-state index contributed by atoms with van der Waals surface area (Å²) in [5, 5.41) is 2.45. The summed E-state index contributed by atoms with van der Waals surface area (Å²) in [6, 6.07) is 101. The molecule has 12 aromatic carbocycles. The van der Waals surface area contributed by atoms with Crippen molar-refractivity contribution in [2.75, 3.05) is 4.90 Å². The topological polar surface area (TPSA) is 12.5 Å². The normalized spacial score (nSPS) is 14.1. The second kappa shape index (κ2) is 16.2. The Hall–Kier alpha value is -9.15. The molecule has 0 bridgehead atoms. The maximum Gasteiger partial charge on any atom is 0.132 e. The number of para-hydroxylation sites is 2. The van der Waals surface area contributed by atoms with Gasteiger partial charge in [0.25, 0.3) is 0 Å². The van der Waals surface area contributed by atoms with Crippen molar-refractivity contribution in [3.05, 3.63) is 317 Å². The van der Waals surface area contributed by atoms with Crippen LogP contribution in [0.2, 0.25) is 0 Å². The van der Waals surface area contributed by atoms with E-state index in [0.717, 1.165) is 39.7 Å². The van der Waals surface area contributed by atoms with Crippen LogP contribution in [0, 0.1) is 0 Å². The van der Waals surface area contributed by atoms with Gasteiger partial charge in [-0.15, -0.1) is 0 Å². The Morgan fingerprint density at radius 1 is 0.293 bits per heavy atom. The number of benzene rings is 12. The number of rotatable bonds is 5. The Morgan fingerprint density at radius 3 is 1.40 bits per heavy atom. The third-order valence-corrected chi connectivity index (χ3v) is 17.8. The molecule has 0 radical (unpaired) electrons. The van der Waals surface area contributed by atoms with Gasteiger partial charge in [-0.25, -0.2) is 0 Å². The molecular weight excluding hydrogens is 927 g/mol. The highest BCUT2D eigenvalue weighted by Gasteiger charge is 2.52.